The van der Waals surface area contributed by atoms with Crippen molar-refractivity contribution >= 4 is 11.8 Å². The lowest BCUT2D eigenvalue weighted by atomic mass is 9.49. The van der Waals surface area contributed by atoms with Crippen molar-refractivity contribution in [1.82, 2.24) is 10.9 Å². The van der Waals surface area contributed by atoms with Gasteiger partial charge in [-0.05, 0) is 62.3 Å². The molecule has 0 unspecified atom stereocenters. The van der Waals surface area contributed by atoms with Crippen LogP contribution in [0, 0.1) is 28.4 Å². The number of amides is 2. The Kier molecular flexibility index (Phi) is 3.28. The molecule has 2 N–H and O–H groups in total. The van der Waals surface area contributed by atoms with Crippen LogP contribution >= 0.6 is 0 Å². The fourth-order valence-corrected chi connectivity index (χ4v) is 5.30. The third kappa shape index (κ3) is 2.56. The molecule has 4 aliphatic rings. The van der Waals surface area contributed by atoms with Crippen LogP contribution in [0.3, 0.4) is 0 Å². The summed E-state index contributed by atoms with van der Waals surface area (Å²) < 4.78 is 0.565. The molecule has 4 fully saturated rings. The van der Waals surface area contributed by atoms with Gasteiger partial charge in [0.1, 0.15) is 5.56 Å². The number of nitrogens with one attached hydrogen (secondary N) is 2. The smallest absolute Gasteiger partial charge is 0.275 e. The number of hydrazine groups is 1. The number of pyridine rings is 1. The van der Waals surface area contributed by atoms with E-state index in [0.29, 0.717) is 22.5 Å². The minimum absolute atomic E-state index is 0.0594. The van der Waals surface area contributed by atoms with Gasteiger partial charge in [0.05, 0.1) is 5.41 Å². The molecular formula is C17H21N3O3. The second-order valence-electron chi connectivity index (χ2n) is 7.56. The first kappa shape index (κ1) is 14.5. The van der Waals surface area contributed by atoms with Crippen LogP contribution in [0.25, 0.3) is 0 Å². The molecule has 6 nitrogen and oxygen atoms in total. The molecule has 1 heterocycles. The number of carbonyl (C=O) groups excluding carboxylic acids is 2. The SMILES string of the molecule is O=C(NNC(=O)C12CC3CC(CC(C3)C1)C2)c1ccc[n+]([O-])c1. The Morgan fingerprint density at radius 1 is 1.09 bits per heavy atom. The summed E-state index contributed by atoms with van der Waals surface area (Å²) in [5, 5.41) is 11.2. The van der Waals surface area contributed by atoms with Gasteiger partial charge in [-0.2, -0.15) is 4.73 Å². The lowest BCUT2D eigenvalue weighted by Gasteiger charge is -2.55. The zero-order chi connectivity index (χ0) is 16.0. The number of hydrogen-bond donors (Lipinski definition) is 2. The van der Waals surface area contributed by atoms with E-state index in [1.807, 2.05) is 0 Å². The monoisotopic (exact) mass is 315 g/mol. The van der Waals surface area contributed by atoms with E-state index in [1.165, 1.54) is 37.7 Å². The summed E-state index contributed by atoms with van der Waals surface area (Å²) in [5.41, 5.74) is 5.00. The van der Waals surface area contributed by atoms with Crippen LogP contribution in [-0.2, 0) is 4.79 Å². The van der Waals surface area contributed by atoms with E-state index in [2.05, 4.69) is 10.9 Å². The summed E-state index contributed by atoms with van der Waals surface area (Å²) in [5.74, 6) is 1.51. The van der Waals surface area contributed by atoms with Crippen LogP contribution in [0.5, 0.6) is 0 Å². The molecule has 4 bridgehead atoms. The Morgan fingerprint density at radius 2 is 1.70 bits per heavy atom. The van der Waals surface area contributed by atoms with Gasteiger partial charge in [-0.25, -0.2) is 0 Å². The fourth-order valence-electron chi connectivity index (χ4n) is 5.30. The molecule has 122 valence electrons. The quantitative estimate of drug-likeness (QED) is 0.490. The zero-order valence-electron chi connectivity index (χ0n) is 13.0. The number of aromatic nitrogens is 1. The molecule has 5 rings (SSSR count). The maximum atomic E-state index is 12.7. The highest BCUT2D eigenvalue weighted by atomic mass is 16.5. The average Bonchev–Trinajstić information content (AvgIpc) is 2.51. The number of nitrogens with zero attached hydrogens (tertiary/aromatic N) is 1. The Hall–Kier alpha value is -2.11. The molecule has 0 spiro atoms. The zero-order valence-corrected chi connectivity index (χ0v) is 13.0. The lowest BCUT2D eigenvalue weighted by Crippen LogP contribution is -2.56. The largest absolute Gasteiger partial charge is 0.619 e. The molecule has 0 aromatic carbocycles. The number of hydrogen-bond acceptors (Lipinski definition) is 3. The summed E-state index contributed by atoms with van der Waals surface area (Å²) in [4.78, 5) is 24.8. The molecule has 0 saturated heterocycles. The molecule has 0 aliphatic heterocycles. The summed E-state index contributed by atoms with van der Waals surface area (Å²) in [6, 6.07) is 3.05. The van der Waals surface area contributed by atoms with Gasteiger partial charge in [-0.15, -0.1) is 0 Å². The molecule has 1 aromatic rings. The van der Waals surface area contributed by atoms with Crippen LogP contribution < -0.4 is 15.6 Å². The Bertz CT molecular complexity index is 623. The molecule has 4 saturated carbocycles. The first-order valence-electron chi connectivity index (χ1n) is 8.34. The molecule has 2 amide bonds. The van der Waals surface area contributed by atoms with E-state index < -0.39 is 5.91 Å². The van der Waals surface area contributed by atoms with E-state index in [4.69, 9.17) is 0 Å². The van der Waals surface area contributed by atoms with Crippen molar-refractivity contribution in [2.45, 2.75) is 38.5 Å². The maximum absolute atomic E-state index is 12.7. The highest BCUT2D eigenvalue weighted by Gasteiger charge is 2.54. The molecule has 6 heteroatoms. The van der Waals surface area contributed by atoms with E-state index in [0.717, 1.165) is 19.3 Å². The lowest BCUT2D eigenvalue weighted by molar-refractivity contribution is -0.605. The third-order valence-corrected chi connectivity index (χ3v) is 5.85. The first-order chi connectivity index (χ1) is 11.0. The summed E-state index contributed by atoms with van der Waals surface area (Å²) in [6.07, 6.45) is 9.16. The topological polar surface area (TPSA) is 85.1 Å². The molecule has 0 atom stereocenters. The van der Waals surface area contributed by atoms with Gasteiger partial charge < -0.3 is 5.21 Å². The third-order valence-electron chi connectivity index (χ3n) is 5.85. The minimum Gasteiger partial charge on any atom is -0.619 e. The molecular weight excluding hydrogens is 294 g/mol. The van der Waals surface area contributed by atoms with Gasteiger partial charge in [0, 0.05) is 6.07 Å². The second kappa shape index (κ2) is 5.22. The van der Waals surface area contributed by atoms with Gasteiger partial charge >= 0.3 is 0 Å². The standard InChI is InChI=1S/C17H21N3O3/c21-15(14-2-1-3-20(23)10-14)18-19-16(22)17-7-11-4-12(8-17)6-13(5-11)9-17/h1-3,10-13H,4-9H2,(H,18,21)(H,19,22). The van der Waals surface area contributed by atoms with Crippen LogP contribution in [-0.4, -0.2) is 11.8 Å². The van der Waals surface area contributed by atoms with Gasteiger partial charge in [0.2, 0.25) is 5.91 Å². The summed E-state index contributed by atoms with van der Waals surface area (Å²) in [6.45, 7) is 0. The van der Waals surface area contributed by atoms with Crippen molar-refractivity contribution in [2.24, 2.45) is 23.2 Å². The van der Waals surface area contributed by atoms with Crippen LogP contribution in [0.1, 0.15) is 48.9 Å². The van der Waals surface area contributed by atoms with Crippen LogP contribution in [0.4, 0.5) is 0 Å². The van der Waals surface area contributed by atoms with Crippen molar-refractivity contribution in [3.8, 4) is 0 Å². The van der Waals surface area contributed by atoms with Crippen molar-refractivity contribution in [3.05, 3.63) is 35.3 Å². The summed E-state index contributed by atoms with van der Waals surface area (Å²) in [7, 11) is 0. The van der Waals surface area contributed by atoms with Gasteiger partial charge in [0.15, 0.2) is 12.4 Å². The van der Waals surface area contributed by atoms with Crippen LogP contribution in [0.15, 0.2) is 24.5 Å². The number of rotatable bonds is 2. The molecule has 4 aliphatic carbocycles. The Labute approximate surface area is 134 Å². The van der Waals surface area contributed by atoms with E-state index >= 15 is 0 Å². The van der Waals surface area contributed by atoms with Gasteiger partial charge in [0.25, 0.3) is 5.91 Å². The Morgan fingerprint density at radius 3 is 2.26 bits per heavy atom. The van der Waals surface area contributed by atoms with Crippen molar-refractivity contribution < 1.29 is 14.3 Å². The first-order valence-corrected chi connectivity index (χ1v) is 8.34. The van der Waals surface area contributed by atoms with Crippen molar-refractivity contribution in [2.75, 3.05) is 0 Å². The van der Waals surface area contributed by atoms with Crippen molar-refractivity contribution in [3.63, 3.8) is 0 Å². The predicted octanol–water partition coefficient (Wildman–Crippen LogP) is 1.30. The van der Waals surface area contributed by atoms with Gasteiger partial charge in [-0.1, -0.05) is 0 Å². The Balaban J connectivity index is 1.41. The normalized spacial score (nSPS) is 34.2. The molecule has 1 aromatic heterocycles. The second-order valence-corrected chi connectivity index (χ2v) is 7.56. The number of carbonyl (C=O) groups is 2. The average molecular weight is 315 g/mol. The minimum atomic E-state index is -0.465. The van der Waals surface area contributed by atoms with Gasteiger partial charge in [-0.3, -0.25) is 20.4 Å². The molecule has 0 radical (unpaired) electrons. The maximum Gasteiger partial charge on any atom is 0.275 e. The highest BCUT2D eigenvalue weighted by Crippen LogP contribution is 2.59. The van der Waals surface area contributed by atoms with E-state index in [9.17, 15) is 14.8 Å². The van der Waals surface area contributed by atoms with Crippen LogP contribution in [0.2, 0.25) is 0 Å². The fraction of sp³-hybridized carbons (Fsp3) is 0.588. The predicted molar refractivity (Wildman–Crippen MR) is 81.6 cm³/mol. The summed E-state index contributed by atoms with van der Waals surface area (Å²) >= 11 is 0. The molecule has 23 heavy (non-hydrogen) atoms. The van der Waals surface area contributed by atoms with Crippen molar-refractivity contribution in [1.29, 1.82) is 0 Å². The van der Waals surface area contributed by atoms with E-state index in [-0.39, 0.29) is 16.9 Å². The van der Waals surface area contributed by atoms with E-state index in [1.54, 1.807) is 6.07 Å². The highest BCUT2D eigenvalue weighted by molar-refractivity contribution is 5.95.